The van der Waals surface area contributed by atoms with Gasteiger partial charge in [0.2, 0.25) is 5.03 Å². The van der Waals surface area contributed by atoms with E-state index in [4.69, 9.17) is 15.4 Å². The highest BCUT2D eigenvalue weighted by Gasteiger charge is 2.12. The minimum Gasteiger partial charge on any atom is -0.230 e. The van der Waals surface area contributed by atoms with Crippen molar-refractivity contribution < 1.29 is 14.4 Å². The van der Waals surface area contributed by atoms with Crippen molar-refractivity contribution in [3.05, 3.63) is 10.1 Å². The summed E-state index contributed by atoms with van der Waals surface area (Å²) in [6, 6.07) is 0. The van der Waals surface area contributed by atoms with E-state index in [-0.39, 0.29) is 0 Å². The summed E-state index contributed by atoms with van der Waals surface area (Å²) in [6.45, 7) is 0. The first-order valence-corrected chi connectivity index (χ1v) is 1.34. The molecule has 0 heterocycles. The molecule has 0 unspecified atom stereocenters. The molecule has 0 aromatic rings. The van der Waals surface area contributed by atoms with Crippen molar-refractivity contribution >= 4 is 0 Å². The van der Waals surface area contributed by atoms with Crippen LogP contribution in [0.2, 0.25) is 0 Å². The van der Waals surface area contributed by atoms with Gasteiger partial charge in [0, 0.05) is 4.48 Å². The molecule has 0 fully saturated rings. The van der Waals surface area contributed by atoms with E-state index >= 15 is 0 Å². The largest absolute Gasteiger partial charge is 0.323 e. The lowest BCUT2D eigenvalue weighted by molar-refractivity contribution is -0.777. The van der Waals surface area contributed by atoms with Crippen molar-refractivity contribution in [1.29, 1.82) is 5.26 Å². The van der Waals surface area contributed by atoms with Crippen LogP contribution in [0.1, 0.15) is 0 Å². The Balaban J connectivity index is 3.52. The van der Waals surface area contributed by atoms with Gasteiger partial charge in [-0.2, -0.15) is 0 Å². The second kappa shape index (κ2) is 2.57. The van der Waals surface area contributed by atoms with Gasteiger partial charge in [-0.05, 0) is 0 Å². The lowest BCUT2D eigenvalue weighted by Gasteiger charge is -1.90. The summed E-state index contributed by atoms with van der Waals surface area (Å²) in [5.41, 5.74) is 0. The predicted molar refractivity (Wildman–Crippen MR) is 16.6 cm³/mol. The van der Waals surface area contributed by atoms with Crippen LogP contribution in [0, 0.1) is 21.6 Å². The minimum absolute atomic E-state index is 0.758. The van der Waals surface area contributed by atoms with Crippen LogP contribution in [0.5, 0.6) is 0 Å². The van der Waals surface area contributed by atoms with Crippen LogP contribution in [-0.2, 0) is 4.84 Å². The van der Waals surface area contributed by atoms with Gasteiger partial charge in [0.15, 0.2) is 0 Å². The molecule has 0 N–H and O–H groups in total. The van der Waals surface area contributed by atoms with Crippen molar-refractivity contribution in [3.8, 4) is 6.26 Å². The topological polar surface area (TPSA) is 79.4 Å². The fraction of sp³-hybridized carbons (Fsp3) is 0. The fourth-order valence-corrected chi connectivity index (χ4v) is 0.0670. The molecule has 0 bridgehead atoms. The molecule has 0 saturated heterocycles. The second-order valence-corrected chi connectivity index (χ2v) is 0.647. The Morgan fingerprint density at radius 3 is 2.62 bits per heavy atom. The first kappa shape index (κ1) is 6.42. The van der Waals surface area contributed by atoms with E-state index in [2.05, 4.69) is 4.84 Å². The van der Waals surface area contributed by atoms with Crippen LogP contribution in [0.25, 0.3) is 0 Å². The summed E-state index contributed by atoms with van der Waals surface area (Å²) in [5.74, 6) is 0. The second-order valence-electron chi connectivity index (χ2n) is 0.647. The van der Waals surface area contributed by atoms with Gasteiger partial charge in [-0.3, -0.25) is 0 Å². The van der Waals surface area contributed by atoms with Crippen LogP contribution < -0.4 is 0 Å². The fourth-order valence-electron chi connectivity index (χ4n) is 0.0670. The molecule has 0 saturated carbocycles. The van der Waals surface area contributed by atoms with Crippen molar-refractivity contribution in [2.45, 2.75) is 0 Å². The van der Waals surface area contributed by atoms with Gasteiger partial charge in [0.1, 0.15) is 0 Å². The smallest absolute Gasteiger partial charge is 0.230 e. The van der Waals surface area contributed by atoms with Crippen molar-refractivity contribution in [2.24, 2.45) is 0 Å². The Labute approximate surface area is 42.7 Å². The third-order valence-electron chi connectivity index (χ3n) is 0.245. The van der Waals surface area contributed by atoms with Gasteiger partial charge >= 0.3 is 6.26 Å². The van der Waals surface area contributed by atoms with Crippen molar-refractivity contribution in [1.82, 2.24) is 5.39 Å². The third-order valence-corrected chi connectivity index (χ3v) is 0.245. The Morgan fingerprint density at radius 1 is 2.00 bits per heavy atom. The van der Waals surface area contributed by atoms with Gasteiger partial charge in [-0.1, -0.05) is 0 Å². The van der Waals surface area contributed by atoms with E-state index in [1.54, 1.807) is 0 Å². The monoisotopic (exact) mass is 121 g/mol. The molecule has 0 aromatic heterocycles. The number of nitriles is 1. The summed E-state index contributed by atoms with van der Waals surface area (Å²) in [7, 11) is 0. The summed E-state index contributed by atoms with van der Waals surface area (Å²) < 4.78 is 11.2. The maximum Gasteiger partial charge on any atom is 0.323 e. The average molecular weight is 121 g/mol. The van der Waals surface area contributed by atoms with E-state index in [9.17, 15) is 4.48 Å². The maximum absolute atomic E-state index is 11.2. The molecule has 0 atom stereocenters. The normalized spacial score (nSPS) is 7.00. The molecular formula is CFN3O3. The summed E-state index contributed by atoms with van der Waals surface area (Å²) in [6.07, 6.45) is 0.758. The molecule has 0 aliphatic heterocycles. The molecule has 7 heteroatoms. The van der Waals surface area contributed by atoms with Crippen LogP contribution in [0.15, 0.2) is 0 Å². The van der Waals surface area contributed by atoms with Gasteiger partial charge in [0.25, 0.3) is 5.39 Å². The molecule has 0 spiro atoms. The molecule has 8 heavy (non-hydrogen) atoms. The molecule has 0 rings (SSSR count). The lowest BCUT2D eigenvalue weighted by atomic mass is 11.6. The number of halogens is 1. The molecule has 0 radical (unpaired) electrons. The molecule has 0 aliphatic carbocycles. The van der Waals surface area contributed by atoms with E-state index < -0.39 is 10.4 Å². The van der Waals surface area contributed by atoms with E-state index in [0.29, 0.717) is 0 Å². The zero-order valence-electron chi connectivity index (χ0n) is 3.44. The number of hydrogen-bond donors (Lipinski definition) is 0. The molecule has 0 aromatic carbocycles. The van der Waals surface area contributed by atoms with E-state index in [0.717, 1.165) is 6.26 Å². The van der Waals surface area contributed by atoms with E-state index in [1.807, 2.05) is 0 Å². The predicted octanol–water partition coefficient (Wildman–Crippen LogP) is -0.223. The molecule has 44 valence electrons. The van der Waals surface area contributed by atoms with Crippen LogP contribution in [0.3, 0.4) is 0 Å². The zero-order valence-corrected chi connectivity index (χ0v) is 3.44. The summed E-state index contributed by atoms with van der Waals surface area (Å²) >= 11 is 0. The maximum atomic E-state index is 11.2. The van der Waals surface area contributed by atoms with Gasteiger partial charge in [0.05, 0.1) is 0 Å². The Bertz CT molecular complexity index is 129. The highest BCUT2D eigenvalue weighted by Crippen LogP contribution is 1.86. The van der Waals surface area contributed by atoms with Crippen LogP contribution in [-0.4, -0.2) is 10.4 Å². The highest BCUT2D eigenvalue weighted by atomic mass is 19.2. The number of nitrogens with zero attached hydrogens (tertiary/aromatic N) is 3. The molecular weight excluding hydrogens is 121 g/mol. The Morgan fingerprint density at radius 2 is 2.50 bits per heavy atom. The third kappa shape index (κ3) is 1.76. The van der Waals surface area contributed by atoms with Crippen molar-refractivity contribution in [3.63, 3.8) is 0 Å². The Hall–Kier alpha value is -1.58. The number of nitro groups is 1. The zero-order chi connectivity index (χ0) is 6.57. The summed E-state index contributed by atoms with van der Waals surface area (Å²) in [4.78, 5) is 12.2. The number of hydrazine groups is 1. The average Bonchev–Trinajstić information content (AvgIpc) is 1.67. The van der Waals surface area contributed by atoms with Gasteiger partial charge in [-0.25, -0.2) is 15.0 Å². The standard InChI is InChI=1S/CFN3O3/c2-4(5(6)7)8-1-3. The lowest BCUT2D eigenvalue weighted by Crippen LogP contribution is -2.18. The molecule has 0 aliphatic rings. The van der Waals surface area contributed by atoms with Gasteiger partial charge in [-0.15, -0.1) is 5.26 Å². The van der Waals surface area contributed by atoms with E-state index in [1.165, 1.54) is 0 Å². The first-order valence-electron chi connectivity index (χ1n) is 1.34. The first-order chi connectivity index (χ1) is 3.68. The van der Waals surface area contributed by atoms with Crippen LogP contribution >= 0.6 is 0 Å². The molecule has 0 amide bonds. The SMILES string of the molecule is N#CON(F)[N+](=O)[O-]. The quantitative estimate of drug-likeness (QED) is 0.218. The van der Waals surface area contributed by atoms with Crippen molar-refractivity contribution in [2.75, 3.05) is 0 Å². The Kier molecular flexibility index (Phi) is 2.06. The highest BCUT2D eigenvalue weighted by molar-refractivity contribution is 4.38. The number of rotatable bonds is 2. The van der Waals surface area contributed by atoms with Gasteiger partial charge < -0.3 is 0 Å². The minimum atomic E-state index is -1.52. The number of hydrogen-bond acceptors (Lipinski definition) is 4. The summed E-state index contributed by atoms with van der Waals surface area (Å²) in [5, 5.41) is 13.8. The molecule has 6 nitrogen and oxygen atoms in total. The van der Waals surface area contributed by atoms with Crippen LogP contribution in [0.4, 0.5) is 4.48 Å².